The van der Waals surface area contributed by atoms with Crippen molar-refractivity contribution in [3.05, 3.63) is 0 Å². The van der Waals surface area contributed by atoms with Crippen LogP contribution in [0, 0.1) is 0 Å². The predicted octanol–water partition coefficient (Wildman–Crippen LogP) is 1.07. The lowest BCUT2D eigenvalue weighted by Crippen LogP contribution is -2.37. The maximum Gasteiger partial charge on any atom is 0.569 e. The Bertz CT molecular complexity index is 87.0. The summed E-state index contributed by atoms with van der Waals surface area (Å²) in [4.78, 5) is 0. The lowest BCUT2D eigenvalue weighted by Gasteiger charge is -2.19. The van der Waals surface area contributed by atoms with Crippen molar-refractivity contribution in [1.82, 2.24) is 0 Å². The van der Waals surface area contributed by atoms with Gasteiger partial charge in [0, 0.05) is 20.8 Å². The van der Waals surface area contributed by atoms with Gasteiger partial charge in [0.05, 0.1) is 0 Å². The Labute approximate surface area is 68.1 Å². The van der Waals surface area contributed by atoms with Crippen molar-refractivity contribution in [3.8, 4) is 0 Å². The average molecular weight is 182 g/mol. The molecule has 0 rings (SSSR count). The summed E-state index contributed by atoms with van der Waals surface area (Å²) >= 11 is 4.12. The zero-order chi connectivity index (χ0) is 8.04. The third kappa shape index (κ3) is 3.57. The molecule has 3 nitrogen and oxygen atoms in total. The van der Waals surface area contributed by atoms with Crippen LogP contribution in [0.4, 0.5) is 0 Å². The van der Waals surface area contributed by atoms with Gasteiger partial charge in [0.1, 0.15) is 0 Å². The third-order valence-electron chi connectivity index (χ3n) is 1.00. The minimum atomic E-state index is -2.52. The van der Waals surface area contributed by atoms with E-state index in [0.29, 0.717) is 6.61 Å². The molecule has 0 saturated heterocycles. The van der Waals surface area contributed by atoms with Crippen LogP contribution in [-0.4, -0.2) is 28.8 Å². The van der Waals surface area contributed by atoms with Crippen LogP contribution >= 0.6 is 12.1 Å². The van der Waals surface area contributed by atoms with Gasteiger partial charge in [0.25, 0.3) is 0 Å². The largest absolute Gasteiger partial charge is 0.569 e. The van der Waals surface area contributed by atoms with E-state index in [0.717, 1.165) is 6.42 Å². The standard InChI is InChI=1S/C5H14O3SSi/c1-4-5-8-10(9,6-2)7-3/h9H,4-5H2,1-3H3. The highest BCUT2D eigenvalue weighted by atomic mass is 32.3. The van der Waals surface area contributed by atoms with Crippen molar-refractivity contribution in [3.63, 3.8) is 0 Å². The smallest absolute Gasteiger partial charge is 0.369 e. The summed E-state index contributed by atoms with van der Waals surface area (Å²) in [6.07, 6.45) is 0.946. The van der Waals surface area contributed by atoms with Crippen LogP contribution in [-0.2, 0) is 13.3 Å². The second kappa shape index (κ2) is 5.14. The topological polar surface area (TPSA) is 27.7 Å². The second-order valence-corrected chi connectivity index (χ2v) is 5.58. The van der Waals surface area contributed by atoms with Crippen molar-refractivity contribution < 1.29 is 13.3 Å². The zero-order valence-corrected chi connectivity index (χ0v) is 8.48. The van der Waals surface area contributed by atoms with Crippen LogP contribution in [0.3, 0.4) is 0 Å². The first-order valence-electron chi connectivity index (χ1n) is 3.15. The molecule has 0 saturated carbocycles. The van der Waals surface area contributed by atoms with Crippen molar-refractivity contribution in [2.75, 3.05) is 20.8 Å². The second-order valence-electron chi connectivity index (χ2n) is 1.78. The summed E-state index contributed by atoms with van der Waals surface area (Å²) in [5.41, 5.74) is 0. The SMILES string of the molecule is CCCO[Si](S)(OC)OC. The highest BCUT2D eigenvalue weighted by molar-refractivity contribution is 8.11. The zero-order valence-electron chi connectivity index (χ0n) is 6.59. The molecule has 0 N–H and O–H groups in total. The number of hydrogen-bond donors (Lipinski definition) is 1. The fourth-order valence-electron chi connectivity index (χ4n) is 0.432. The summed E-state index contributed by atoms with van der Waals surface area (Å²) in [6, 6.07) is 0. The summed E-state index contributed by atoms with van der Waals surface area (Å²) in [5.74, 6) is 0. The van der Waals surface area contributed by atoms with Crippen molar-refractivity contribution in [2.24, 2.45) is 0 Å². The van der Waals surface area contributed by atoms with Crippen molar-refractivity contribution in [1.29, 1.82) is 0 Å². The van der Waals surface area contributed by atoms with E-state index in [9.17, 15) is 0 Å². The Morgan fingerprint density at radius 1 is 1.30 bits per heavy atom. The summed E-state index contributed by atoms with van der Waals surface area (Å²) in [7, 11) is 0.556. The highest BCUT2D eigenvalue weighted by Gasteiger charge is 2.33. The Kier molecular flexibility index (Phi) is 5.37. The van der Waals surface area contributed by atoms with Crippen LogP contribution in [0.1, 0.15) is 13.3 Å². The molecule has 0 bridgehead atoms. The van der Waals surface area contributed by atoms with E-state index in [1.165, 1.54) is 0 Å². The summed E-state index contributed by atoms with van der Waals surface area (Å²) < 4.78 is 15.1. The molecule has 0 atom stereocenters. The average Bonchev–Trinajstić information content (AvgIpc) is 2.00. The first kappa shape index (κ1) is 10.4. The molecule has 0 aromatic rings. The molecule has 0 aliphatic carbocycles. The minimum Gasteiger partial charge on any atom is -0.369 e. The fourth-order valence-corrected chi connectivity index (χ4v) is 1.57. The van der Waals surface area contributed by atoms with Gasteiger partial charge in [-0.3, -0.25) is 0 Å². The molecule has 0 aromatic heterocycles. The molecule has 0 aliphatic rings. The molecule has 0 amide bonds. The summed E-state index contributed by atoms with van der Waals surface area (Å²) in [6.45, 7) is 2.66. The van der Waals surface area contributed by atoms with E-state index < -0.39 is 7.95 Å². The predicted molar refractivity (Wildman–Crippen MR) is 45.0 cm³/mol. The highest BCUT2D eigenvalue weighted by Crippen LogP contribution is 2.11. The van der Waals surface area contributed by atoms with Crippen LogP contribution in [0.15, 0.2) is 0 Å². The lowest BCUT2D eigenvalue weighted by molar-refractivity contribution is 0.126. The van der Waals surface area contributed by atoms with Crippen molar-refractivity contribution >= 4 is 20.0 Å². The van der Waals surface area contributed by atoms with E-state index in [4.69, 9.17) is 13.3 Å². The van der Waals surface area contributed by atoms with Gasteiger partial charge in [-0.15, -0.1) is 12.1 Å². The van der Waals surface area contributed by atoms with Gasteiger partial charge >= 0.3 is 7.95 Å². The molecule has 0 radical (unpaired) electrons. The first-order chi connectivity index (χ1) is 4.68. The molecule has 62 valence electrons. The minimum absolute atomic E-state index is 0.636. The van der Waals surface area contributed by atoms with Crippen LogP contribution in [0.25, 0.3) is 0 Å². The van der Waals surface area contributed by atoms with Gasteiger partial charge < -0.3 is 13.3 Å². The molecule has 0 aliphatic heterocycles. The van der Waals surface area contributed by atoms with Gasteiger partial charge in [-0.1, -0.05) is 6.92 Å². The van der Waals surface area contributed by atoms with Gasteiger partial charge in [-0.05, 0) is 6.42 Å². The molecular weight excluding hydrogens is 168 g/mol. The summed E-state index contributed by atoms with van der Waals surface area (Å²) in [5, 5.41) is 0. The Morgan fingerprint density at radius 3 is 2.10 bits per heavy atom. The Hall–Kier alpha value is 0.447. The van der Waals surface area contributed by atoms with Gasteiger partial charge in [0.15, 0.2) is 0 Å². The molecule has 0 spiro atoms. The van der Waals surface area contributed by atoms with Crippen LogP contribution < -0.4 is 0 Å². The first-order valence-corrected chi connectivity index (χ1v) is 6.16. The maximum atomic E-state index is 5.24. The number of hydrogen-bond acceptors (Lipinski definition) is 4. The lowest BCUT2D eigenvalue weighted by atomic mass is 10.5. The monoisotopic (exact) mass is 182 g/mol. The van der Waals surface area contributed by atoms with Crippen LogP contribution in [0.2, 0.25) is 0 Å². The van der Waals surface area contributed by atoms with Gasteiger partial charge in [-0.25, -0.2) is 0 Å². The quantitative estimate of drug-likeness (QED) is 0.509. The van der Waals surface area contributed by atoms with E-state index in [2.05, 4.69) is 12.1 Å². The molecule has 0 unspecified atom stereocenters. The Balaban J connectivity index is 3.58. The van der Waals surface area contributed by atoms with Crippen LogP contribution in [0.5, 0.6) is 0 Å². The molecule has 5 heteroatoms. The van der Waals surface area contributed by atoms with E-state index in [1.807, 2.05) is 6.92 Å². The molecule has 0 fully saturated rings. The van der Waals surface area contributed by atoms with E-state index >= 15 is 0 Å². The van der Waals surface area contributed by atoms with Gasteiger partial charge in [0.2, 0.25) is 0 Å². The van der Waals surface area contributed by atoms with E-state index in [-0.39, 0.29) is 0 Å². The fraction of sp³-hybridized carbons (Fsp3) is 1.00. The number of rotatable bonds is 5. The third-order valence-corrected chi connectivity index (χ3v) is 4.09. The molecule has 0 heterocycles. The molecular formula is C5H14O3SSi. The normalized spacial score (nSPS) is 12.0. The van der Waals surface area contributed by atoms with E-state index in [1.54, 1.807) is 14.2 Å². The maximum absolute atomic E-state index is 5.24. The number of thiol groups is 1. The van der Waals surface area contributed by atoms with Gasteiger partial charge in [-0.2, -0.15) is 0 Å². The Morgan fingerprint density at radius 2 is 1.80 bits per heavy atom. The molecule has 0 aromatic carbocycles. The van der Waals surface area contributed by atoms with Crippen molar-refractivity contribution in [2.45, 2.75) is 13.3 Å². The molecule has 10 heavy (non-hydrogen) atoms.